The zero-order valence-electron chi connectivity index (χ0n) is 22.5. The Balaban J connectivity index is 1.95. The van der Waals surface area contributed by atoms with Crippen molar-refractivity contribution in [3.05, 3.63) is 53.6 Å². The number of amides is 2. The number of hydrogen-bond donors (Lipinski definition) is 4. The predicted octanol–water partition coefficient (Wildman–Crippen LogP) is 0.820. The number of hydrogen-bond acceptors (Lipinski definition) is 8. The summed E-state index contributed by atoms with van der Waals surface area (Å²) in [5, 5.41) is 20.4. The molecule has 0 aliphatic carbocycles. The molecule has 2 amide bonds. The lowest BCUT2D eigenvalue weighted by Gasteiger charge is -2.36. The number of aromatic nitrogens is 1. The first-order chi connectivity index (χ1) is 17.9. The number of aliphatic hydroxyl groups excluding tert-OH is 1. The smallest absolute Gasteiger partial charge is 0.251 e. The lowest BCUT2D eigenvalue weighted by molar-refractivity contribution is -0.138. The Morgan fingerprint density at radius 3 is 2.61 bits per heavy atom. The number of pyridine rings is 1. The normalized spacial score (nSPS) is 18.4. The van der Waals surface area contributed by atoms with E-state index in [-0.39, 0.29) is 29.8 Å². The van der Waals surface area contributed by atoms with Crippen LogP contribution in [0.1, 0.15) is 36.2 Å². The zero-order chi connectivity index (χ0) is 28.0. The molecule has 4 atom stereocenters. The number of likely N-dealkylation sites (N-methyl/N-ethyl adjacent to an activating group) is 1. The quantitative estimate of drug-likeness (QED) is 0.324. The summed E-state index contributed by atoms with van der Waals surface area (Å²) in [7, 11) is -0.588. The summed E-state index contributed by atoms with van der Waals surface area (Å²) in [5.74, 6) is -0.350. The van der Waals surface area contributed by atoms with Gasteiger partial charge in [0, 0.05) is 38.8 Å². The second kappa shape index (κ2) is 12.5. The van der Waals surface area contributed by atoms with Crippen LogP contribution >= 0.6 is 0 Å². The number of sulfonamides is 1. The maximum absolute atomic E-state index is 13.5. The lowest BCUT2D eigenvalue weighted by atomic mass is 9.94. The van der Waals surface area contributed by atoms with Gasteiger partial charge < -0.3 is 26.0 Å². The van der Waals surface area contributed by atoms with Gasteiger partial charge in [-0.25, -0.2) is 13.4 Å². The van der Waals surface area contributed by atoms with Crippen LogP contribution in [-0.4, -0.2) is 92.9 Å². The Hall–Kier alpha value is -3.22. The van der Waals surface area contributed by atoms with Gasteiger partial charge in [0.05, 0.1) is 18.4 Å². The van der Waals surface area contributed by atoms with Crippen molar-refractivity contribution in [2.45, 2.75) is 50.9 Å². The SMILES string of the molecule is CCC(C)Nc1cc(C(=O)NC(Cc2ccccc2)[C@H](O)C2NCCN(C)C2=O)cc(N(C)S(C)(=O)=O)n1. The summed E-state index contributed by atoms with van der Waals surface area (Å²) in [4.78, 5) is 32.3. The third kappa shape index (κ3) is 7.42. The molecule has 2 aromatic rings. The fourth-order valence-electron chi connectivity index (χ4n) is 4.11. The molecule has 0 bridgehead atoms. The van der Waals surface area contributed by atoms with E-state index in [9.17, 15) is 23.1 Å². The summed E-state index contributed by atoms with van der Waals surface area (Å²) in [6.07, 6.45) is 0.910. The largest absolute Gasteiger partial charge is 0.389 e. The molecule has 1 saturated heterocycles. The van der Waals surface area contributed by atoms with E-state index in [4.69, 9.17) is 0 Å². The van der Waals surface area contributed by atoms with Gasteiger partial charge >= 0.3 is 0 Å². The summed E-state index contributed by atoms with van der Waals surface area (Å²) in [6, 6.07) is 10.6. The third-order valence-corrected chi connectivity index (χ3v) is 7.91. The molecule has 0 radical (unpaired) electrons. The lowest BCUT2D eigenvalue weighted by Crippen LogP contribution is -2.63. The van der Waals surface area contributed by atoms with Crippen molar-refractivity contribution in [3.8, 4) is 0 Å². The van der Waals surface area contributed by atoms with Gasteiger partial charge in [-0.1, -0.05) is 37.3 Å². The molecule has 12 heteroatoms. The molecule has 0 saturated carbocycles. The van der Waals surface area contributed by atoms with Gasteiger partial charge in [0.2, 0.25) is 15.9 Å². The first kappa shape index (κ1) is 29.3. The second-order valence-electron chi connectivity index (χ2n) is 9.74. The summed E-state index contributed by atoms with van der Waals surface area (Å²) < 4.78 is 25.4. The highest BCUT2D eigenvalue weighted by Crippen LogP contribution is 2.21. The summed E-state index contributed by atoms with van der Waals surface area (Å²) in [6.45, 7) is 4.99. The predicted molar refractivity (Wildman–Crippen MR) is 148 cm³/mol. The van der Waals surface area contributed by atoms with Gasteiger partial charge in [-0.15, -0.1) is 0 Å². The topological polar surface area (TPSA) is 144 Å². The third-order valence-electron chi connectivity index (χ3n) is 6.72. The maximum atomic E-state index is 13.5. The fourth-order valence-corrected chi connectivity index (χ4v) is 4.54. The number of nitrogens with zero attached hydrogens (tertiary/aromatic N) is 3. The average molecular weight is 547 g/mol. The highest BCUT2D eigenvalue weighted by Gasteiger charge is 2.37. The molecule has 1 fully saturated rings. The first-order valence-electron chi connectivity index (χ1n) is 12.6. The molecule has 0 spiro atoms. The van der Waals surface area contributed by atoms with Gasteiger partial charge in [0.15, 0.2) is 0 Å². The Labute approximate surface area is 224 Å². The highest BCUT2D eigenvalue weighted by molar-refractivity contribution is 7.92. The molecular formula is C26H38N6O5S. The van der Waals surface area contributed by atoms with Crippen LogP contribution in [0.25, 0.3) is 0 Å². The van der Waals surface area contributed by atoms with Crippen LogP contribution in [0.5, 0.6) is 0 Å². The number of anilines is 2. The minimum absolute atomic E-state index is 0.0326. The molecule has 4 N–H and O–H groups in total. The van der Waals surface area contributed by atoms with E-state index < -0.39 is 34.1 Å². The monoisotopic (exact) mass is 546 g/mol. The molecule has 11 nitrogen and oxygen atoms in total. The molecule has 1 aliphatic rings. The minimum Gasteiger partial charge on any atom is -0.389 e. The van der Waals surface area contributed by atoms with E-state index in [1.54, 1.807) is 18.0 Å². The molecule has 38 heavy (non-hydrogen) atoms. The van der Waals surface area contributed by atoms with Crippen LogP contribution < -0.4 is 20.3 Å². The molecule has 1 aromatic heterocycles. The van der Waals surface area contributed by atoms with Crippen LogP contribution in [0.4, 0.5) is 11.6 Å². The second-order valence-corrected chi connectivity index (χ2v) is 11.7. The van der Waals surface area contributed by atoms with Gasteiger partial charge in [-0.2, -0.15) is 0 Å². The number of carbonyl (C=O) groups excluding carboxylic acids is 2. The molecular weight excluding hydrogens is 508 g/mol. The Kier molecular flexibility index (Phi) is 9.69. The molecule has 3 rings (SSSR count). The summed E-state index contributed by atoms with van der Waals surface area (Å²) in [5.41, 5.74) is 1.04. The van der Waals surface area contributed by atoms with Gasteiger partial charge in [0.1, 0.15) is 17.7 Å². The number of aliphatic hydroxyl groups is 1. The zero-order valence-corrected chi connectivity index (χ0v) is 23.3. The van der Waals surface area contributed by atoms with Crippen LogP contribution in [0.3, 0.4) is 0 Å². The van der Waals surface area contributed by atoms with Crippen molar-refractivity contribution < 1.29 is 23.1 Å². The standard InChI is InChI=1S/C26H38N6O5S/c1-6-17(2)28-21-15-19(16-22(30-21)32(4)38(5,36)37)25(34)29-20(14-18-10-8-7-9-11-18)24(33)23-26(35)31(3)13-12-27-23/h7-11,15-17,20,23-24,27,33H,6,12-14H2,1-5H3,(H,28,30)(H,29,34)/t17?,20?,23?,24-/m0/s1. The molecule has 2 heterocycles. The van der Waals surface area contributed by atoms with Crippen molar-refractivity contribution in [1.29, 1.82) is 0 Å². The fraction of sp³-hybridized carbons (Fsp3) is 0.500. The van der Waals surface area contributed by atoms with Crippen LogP contribution in [-0.2, 0) is 21.2 Å². The maximum Gasteiger partial charge on any atom is 0.251 e. The number of piperazine rings is 1. The van der Waals surface area contributed by atoms with Crippen molar-refractivity contribution >= 4 is 33.5 Å². The van der Waals surface area contributed by atoms with Crippen molar-refractivity contribution in [2.75, 3.05) is 43.1 Å². The molecule has 1 aromatic carbocycles. The molecule has 208 valence electrons. The van der Waals surface area contributed by atoms with Gasteiger partial charge in [-0.3, -0.25) is 13.9 Å². The van der Waals surface area contributed by atoms with E-state index in [0.29, 0.717) is 18.9 Å². The van der Waals surface area contributed by atoms with E-state index in [2.05, 4.69) is 20.9 Å². The highest BCUT2D eigenvalue weighted by atomic mass is 32.2. The van der Waals surface area contributed by atoms with Crippen molar-refractivity contribution in [2.24, 2.45) is 0 Å². The van der Waals surface area contributed by atoms with Crippen molar-refractivity contribution in [3.63, 3.8) is 0 Å². The average Bonchev–Trinajstić information content (AvgIpc) is 2.88. The van der Waals surface area contributed by atoms with Crippen LogP contribution in [0, 0.1) is 0 Å². The number of carbonyl (C=O) groups is 2. The van der Waals surface area contributed by atoms with Crippen LogP contribution in [0.15, 0.2) is 42.5 Å². The Morgan fingerprint density at radius 1 is 1.29 bits per heavy atom. The first-order valence-corrected chi connectivity index (χ1v) is 14.5. The number of benzene rings is 1. The van der Waals surface area contributed by atoms with E-state index in [1.165, 1.54) is 13.1 Å². The van der Waals surface area contributed by atoms with E-state index >= 15 is 0 Å². The number of nitrogens with one attached hydrogen (secondary N) is 3. The Morgan fingerprint density at radius 2 is 1.97 bits per heavy atom. The van der Waals surface area contributed by atoms with Crippen molar-refractivity contribution in [1.82, 2.24) is 20.5 Å². The summed E-state index contributed by atoms with van der Waals surface area (Å²) >= 11 is 0. The van der Waals surface area contributed by atoms with Gasteiger partial charge in [0.25, 0.3) is 5.91 Å². The van der Waals surface area contributed by atoms with Gasteiger partial charge in [-0.05, 0) is 37.5 Å². The molecule has 3 unspecified atom stereocenters. The van der Waals surface area contributed by atoms with E-state index in [0.717, 1.165) is 22.5 Å². The van der Waals surface area contributed by atoms with Crippen LogP contribution in [0.2, 0.25) is 0 Å². The minimum atomic E-state index is -3.63. The Bertz CT molecular complexity index is 1230. The number of rotatable bonds is 11. The molecule has 1 aliphatic heterocycles. The van der Waals surface area contributed by atoms with E-state index in [1.807, 2.05) is 44.2 Å².